The average molecular weight is 208 g/mol. The quantitative estimate of drug-likeness (QED) is 0.730. The Morgan fingerprint density at radius 3 is 2.71 bits per heavy atom. The van der Waals surface area contributed by atoms with Crippen LogP contribution in [0.25, 0.3) is 11.1 Å². The molecule has 4 heteroatoms. The molecule has 0 saturated heterocycles. The molecular weight excluding hydrogens is 198 g/mol. The van der Waals surface area contributed by atoms with Crippen LogP contribution in [0.1, 0.15) is 0 Å². The van der Waals surface area contributed by atoms with Gasteiger partial charge in [0.15, 0.2) is 0 Å². The molecule has 0 amide bonds. The summed E-state index contributed by atoms with van der Waals surface area (Å²) < 4.78 is 1.75. The lowest BCUT2D eigenvalue weighted by molar-refractivity contribution is 0.768. The van der Waals surface area contributed by atoms with Crippen LogP contribution in [0, 0.1) is 0 Å². The number of aromatic nitrogens is 2. The number of nitrogens with two attached hydrogens (primary N) is 1. The highest BCUT2D eigenvalue weighted by Crippen LogP contribution is 2.26. The lowest BCUT2D eigenvalue weighted by atomic mass is 10.1. The number of anilines is 1. The molecule has 72 valence electrons. The van der Waals surface area contributed by atoms with Crippen molar-refractivity contribution in [1.29, 1.82) is 0 Å². The Kier molecular flexibility index (Phi) is 2.17. The molecular formula is C10H10ClN3. The van der Waals surface area contributed by atoms with E-state index in [1.54, 1.807) is 16.9 Å². The second kappa shape index (κ2) is 3.35. The third-order valence-electron chi connectivity index (χ3n) is 2.04. The van der Waals surface area contributed by atoms with Gasteiger partial charge >= 0.3 is 0 Å². The summed E-state index contributed by atoms with van der Waals surface area (Å²) in [5.74, 6) is 0. The van der Waals surface area contributed by atoms with Crippen molar-refractivity contribution in [3.63, 3.8) is 0 Å². The molecule has 0 radical (unpaired) electrons. The molecule has 0 aliphatic heterocycles. The zero-order valence-electron chi connectivity index (χ0n) is 7.74. The van der Waals surface area contributed by atoms with Gasteiger partial charge in [-0.25, -0.2) is 0 Å². The smallest absolute Gasteiger partial charge is 0.0641 e. The lowest BCUT2D eigenvalue weighted by Gasteiger charge is -2.00. The molecule has 1 aromatic carbocycles. The number of hydrogen-bond acceptors (Lipinski definition) is 2. The first-order valence-corrected chi connectivity index (χ1v) is 4.58. The predicted molar refractivity (Wildman–Crippen MR) is 58.1 cm³/mol. The predicted octanol–water partition coefficient (Wildman–Crippen LogP) is 2.32. The van der Waals surface area contributed by atoms with Crippen LogP contribution in [0.5, 0.6) is 0 Å². The van der Waals surface area contributed by atoms with Crippen LogP contribution in [0.3, 0.4) is 0 Å². The maximum absolute atomic E-state index is 5.92. The Hall–Kier alpha value is -1.48. The average Bonchev–Trinajstić information content (AvgIpc) is 2.57. The number of nitrogens with zero attached hydrogens (tertiary/aromatic N) is 2. The van der Waals surface area contributed by atoms with Gasteiger partial charge < -0.3 is 5.73 Å². The van der Waals surface area contributed by atoms with Gasteiger partial charge in [-0.05, 0) is 17.7 Å². The molecule has 0 aliphatic carbocycles. The Morgan fingerprint density at radius 1 is 1.36 bits per heavy atom. The Labute approximate surface area is 87.1 Å². The monoisotopic (exact) mass is 207 g/mol. The molecule has 2 N–H and O–H groups in total. The van der Waals surface area contributed by atoms with E-state index in [-0.39, 0.29) is 0 Å². The van der Waals surface area contributed by atoms with E-state index in [9.17, 15) is 0 Å². The molecule has 1 aromatic heterocycles. The van der Waals surface area contributed by atoms with Gasteiger partial charge in [-0.3, -0.25) is 4.68 Å². The zero-order valence-corrected chi connectivity index (χ0v) is 8.49. The number of nitrogen functional groups attached to an aromatic ring is 1. The van der Waals surface area contributed by atoms with Crippen LogP contribution < -0.4 is 5.73 Å². The van der Waals surface area contributed by atoms with E-state index in [2.05, 4.69) is 5.10 Å². The highest BCUT2D eigenvalue weighted by atomic mass is 35.5. The van der Waals surface area contributed by atoms with E-state index >= 15 is 0 Å². The highest BCUT2D eigenvalue weighted by Gasteiger charge is 2.02. The fourth-order valence-electron chi connectivity index (χ4n) is 1.28. The van der Waals surface area contributed by atoms with Crippen molar-refractivity contribution in [1.82, 2.24) is 9.78 Å². The van der Waals surface area contributed by atoms with Crippen LogP contribution in [-0.4, -0.2) is 9.78 Å². The molecule has 2 rings (SSSR count). The van der Waals surface area contributed by atoms with Crippen molar-refractivity contribution in [2.45, 2.75) is 0 Å². The summed E-state index contributed by atoms with van der Waals surface area (Å²) >= 11 is 5.92. The van der Waals surface area contributed by atoms with Gasteiger partial charge in [0.2, 0.25) is 0 Å². The van der Waals surface area contributed by atoms with Gasteiger partial charge in [-0.15, -0.1) is 0 Å². The van der Waals surface area contributed by atoms with Crippen molar-refractivity contribution < 1.29 is 0 Å². The normalized spacial score (nSPS) is 10.4. The summed E-state index contributed by atoms with van der Waals surface area (Å²) in [6, 6.07) is 5.57. The number of benzene rings is 1. The van der Waals surface area contributed by atoms with E-state index < -0.39 is 0 Å². The molecule has 1 heterocycles. The van der Waals surface area contributed by atoms with Crippen LogP contribution in [-0.2, 0) is 7.05 Å². The van der Waals surface area contributed by atoms with Crippen molar-refractivity contribution in [2.24, 2.45) is 7.05 Å². The minimum Gasteiger partial charge on any atom is -0.398 e. The Balaban J connectivity index is 2.47. The number of halogens is 1. The van der Waals surface area contributed by atoms with Crippen molar-refractivity contribution >= 4 is 17.3 Å². The van der Waals surface area contributed by atoms with Crippen molar-refractivity contribution in [3.8, 4) is 11.1 Å². The molecule has 14 heavy (non-hydrogen) atoms. The molecule has 0 bridgehead atoms. The van der Waals surface area contributed by atoms with Gasteiger partial charge in [0, 0.05) is 18.8 Å². The van der Waals surface area contributed by atoms with E-state index in [0.717, 1.165) is 11.1 Å². The summed E-state index contributed by atoms with van der Waals surface area (Å²) in [5.41, 5.74) is 8.28. The zero-order chi connectivity index (χ0) is 10.1. The van der Waals surface area contributed by atoms with Gasteiger partial charge in [0.05, 0.1) is 16.9 Å². The minimum atomic E-state index is 0.575. The number of aryl methyl sites for hydroxylation is 1. The Bertz CT molecular complexity index is 462. The fraction of sp³-hybridized carbons (Fsp3) is 0.100. The van der Waals surface area contributed by atoms with Crippen LogP contribution in [0.4, 0.5) is 5.69 Å². The van der Waals surface area contributed by atoms with Crippen LogP contribution >= 0.6 is 11.6 Å². The summed E-state index contributed by atoms with van der Waals surface area (Å²) in [7, 11) is 1.88. The van der Waals surface area contributed by atoms with Crippen molar-refractivity contribution in [2.75, 3.05) is 5.73 Å². The van der Waals surface area contributed by atoms with E-state index in [4.69, 9.17) is 17.3 Å². The molecule has 0 unspecified atom stereocenters. The summed E-state index contributed by atoms with van der Waals surface area (Å²) in [6.07, 6.45) is 3.73. The number of rotatable bonds is 1. The summed E-state index contributed by atoms with van der Waals surface area (Å²) in [6.45, 7) is 0. The SMILES string of the molecule is Cn1cc(-c2ccc(N)c(Cl)c2)cn1. The molecule has 0 aliphatic rings. The maximum Gasteiger partial charge on any atom is 0.0641 e. The molecule has 0 atom stereocenters. The van der Waals surface area contributed by atoms with Crippen molar-refractivity contribution in [3.05, 3.63) is 35.6 Å². The third kappa shape index (κ3) is 1.59. The first-order chi connectivity index (χ1) is 6.66. The highest BCUT2D eigenvalue weighted by molar-refractivity contribution is 6.33. The Morgan fingerprint density at radius 2 is 2.14 bits per heavy atom. The third-order valence-corrected chi connectivity index (χ3v) is 2.37. The minimum absolute atomic E-state index is 0.575. The molecule has 0 saturated carbocycles. The first kappa shape index (κ1) is 9.09. The lowest BCUT2D eigenvalue weighted by Crippen LogP contribution is -1.86. The second-order valence-corrected chi connectivity index (χ2v) is 3.55. The summed E-state index contributed by atoms with van der Waals surface area (Å²) in [4.78, 5) is 0. The fourth-order valence-corrected chi connectivity index (χ4v) is 1.46. The molecule has 0 spiro atoms. The van der Waals surface area contributed by atoms with Gasteiger partial charge in [0.25, 0.3) is 0 Å². The van der Waals surface area contributed by atoms with E-state index in [1.165, 1.54) is 0 Å². The largest absolute Gasteiger partial charge is 0.398 e. The molecule has 0 fully saturated rings. The first-order valence-electron chi connectivity index (χ1n) is 4.21. The maximum atomic E-state index is 5.92. The molecule has 3 nitrogen and oxygen atoms in total. The number of hydrogen-bond donors (Lipinski definition) is 1. The van der Waals surface area contributed by atoms with E-state index in [1.807, 2.05) is 25.4 Å². The summed E-state index contributed by atoms with van der Waals surface area (Å²) in [5, 5.41) is 4.66. The van der Waals surface area contributed by atoms with Gasteiger partial charge in [0.1, 0.15) is 0 Å². The standard InChI is InChI=1S/C10H10ClN3/c1-14-6-8(5-13-14)7-2-3-10(12)9(11)4-7/h2-6H,12H2,1H3. The van der Waals surface area contributed by atoms with Crippen LogP contribution in [0.15, 0.2) is 30.6 Å². The van der Waals surface area contributed by atoms with Gasteiger partial charge in [-0.2, -0.15) is 5.10 Å². The topological polar surface area (TPSA) is 43.8 Å². The molecule has 2 aromatic rings. The van der Waals surface area contributed by atoms with E-state index in [0.29, 0.717) is 10.7 Å². The van der Waals surface area contributed by atoms with Gasteiger partial charge in [-0.1, -0.05) is 17.7 Å². The second-order valence-electron chi connectivity index (χ2n) is 3.14. The van der Waals surface area contributed by atoms with Crippen LogP contribution in [0.2, 0.25) is 5.02 Å².